The van der Waals surface area contributed by atoms with Crippen LogP contribution in [0.1, 0.15) is 17.3 Å². The first kappa shape index (κ1) is 17.5. The average Bonchev–Trinajstić information content (AvgIpc) is 3.08. The summed E-state index contributed by atoms with van der Waals surface area (Å²) in [7, 11) is 0. The molecule has 0 radical (unpaired) electrons. The van der Waals surface area contributed by atoms with E-state index in [1.165, 1.54) is 13.0 Å². The maximum absolute atomic E-state index is 12.3. The third-order valence-electron chi connectivity index (χ3n) is 3.80. The highest BCUT2D eigenvalue weighted by Crippen LogP contribution is 2.22. The lowest BCUT2D eigenvalue weighted by molar-refractivity contribution is -0.136. The number of rotatable bonds is 5. The van der Waals surface area contributed by atoms with E-state index in [1.807, 2.05) is 18.2 Å². The van der Waals surface area contributed by atoms with Crippen molar-refractivity contribution in [3.05, 3.63) is 60.2 Å². The van der Waals surface area contributed by atoms with Crippen LogP contribution in [0.3, 0.4) is 0 Å². The molecule has 3 amide bonds. The second kappa shape index (κ2) is 7.69. The van der Waals surface area contributed by atoms with Crippen LogP contribution in [0.4, 0.5) is 4.79 Å². The number of para-hydroxylation sites is 1. The molecule has 1 unspecified atom stereocenters. The van der Waals surface area contributed by atoms with Crippen molar-refractivity contribution in [2.45, 2.75) is 13.0 Å². The van der Waals surface area contributed by atoms with E-state index in [2.05, 4.69) is 5.32 Å². The predicted octanol–water partition coefficient (Wildman–Crippen LogP) is 2.58. The highest BCUT2D eigenvalue weighted by atomic mass is 16.5. The molecule has 1 fully saturated rings. The van der Waals surface area contributed by atoms with E-state index in [0.29, 0.717) is 18.0 Å². The molecule has 1 aliphatic heterocycles. The molecule has 1 saturated heterocycles. The quantitative estimate of drug-likeness (QED) is 0.834. The van der Waals surface area contributed by atoms with Crippen LogP contribution < -0.4 is 10.1 Å². The molecule has 0 saturated carbocycles. The van der Waals surface area contributed by atoms with Gasteiger partial charge in [0.2, 0.25) is 0 Å². The first-order valence-electron chi connectivity index (χ1n) is 8.18. The van der Waals surface area contributed by atoms with Crippen molar-refractivity contribution >= 4 is 17.9 Å². The molecule has 1 atom stereocenters. The number of ether oxygens (including phenoxy) is 2. The van der Waals surface area contributed by atoms with Gasteiger partial charge in [-0.3, -0.25) is 9.69 Å². The zero-order valence-electron chi connectivity index (χ0n) is 14.2. The van der Waals surface area contributed by atoms with Gasteiger partial charge in [-0.1, -0.05) is 24.3 Å². The molecule has 1 heterocycles. The van der Waals surface area contributed by atoms with Crippen molar-refractivity contribution in [1.29, 1.82) is 0 Å². The minimum atomic E-state index is -1.06. The zero-order chi connectivity index (χ0) is 18.5. The van der Waals surface area contributed by atoms with Crippen molar-refractivity contribution in [3.8, 4) is 11.5 Å². The number of carbonyl (C=O) groups is 3. The van der Waals surface area contributed by atoms with Gasteiger partial charge in [0, 0.05) is 13.1 Å². The first-order chi connectivity index (χ1) is 12.5. The van der Waals surface area contributed by atoms with Crippen LogP contribution in [0.25, 0.3) is 0 Å². The fourth-order valence-electron chi connectivity index (χ4n) is 2.49. The van der Waals surface area contributed by atoms with E-state index in [1.54, 1.807) is 30.3 Å². The summed E-state index contributed by atoms with van der Waals surface area (Å²) in [6.45, 7) is 2.10. The Morgan fingerprint density at radius 3 is 2.50 bits per heavy atom. The molecule has 7 heteroatoms. The van der Waals surface area contributed by atoms with Gasteiger partial charge in [0.15, 0.2) is 6.10 Å². The maximum atomic E-state index is 12.3. The van der Waals surface area contributed by atoms with Crippen LogP contribution in [0.5, 0.6) is 11.5 Å². The predicted molar refractivity (Wildman–Crippen MR) is 92.9 cm³/mol. The van der Waals surface area contributed by atoms with Gasteiger partial charge in [0.1, 0.15) is 11.5 Å². The van der Waals surface area contributed by atoms with Crippen LogP contribution in [0.15, 0.2) is 54.6 Å². The maximum Gasteiger partial charge on any atom is 0.339 e. The number of urea groups is 1. The normalized spacial score (nSPS) is 14.5. The first-order valence-corrected chi connectivity index (χ1v) is 8.18. The van der Waals surface area contributed by atoms with Crippen molar-refractivity contribution < 1.29 is 23.9 Å². The van der Waals surface area contributed by atoms with Gasteiger partial charge in [0.25, 0.3) is 5.91 Å². The number of amides is 3. The largest absolute Gasteiger partial charge is 0.457 e. The molecule has 7 nitrogen and oxygen atoms in total. The van der Waals surface area contributed by atoms with Gasteiger partial charge >= 0.3 is 12.0 Å². The Labute approximate surface area is 150 Å². The Hall–Kier alpha value is -3.35. The van der Waals surface area contributed by atoms with E-state index in [-0.39, 0.29) is 12.1 Å². The van der Waals surface area contributed by atoms with E-state index in [9.17, 15) is 14.4 Å². The summed E-state index contributed by atoms with van der Waals surface area (Å²) in [5.74, 6) is -0.0980. The number of hydrogen-bond acceptors (Lipinski definition) is 5. The molecule has 0 spiro atoms. The van der Waals surface area contributed by atoms with Crippen LogP contribution >= 0.6 is 0 Å². The van der Waals surface area contributed by atoms with E-state index in [0.717, 1.165) is 4.90 Å². The second-order valence-electron chi connectivity index (χ2n) is 5.71. The summed E-state index contributed by atoms with van der Waals surface area (Å²) >= 11 is 0. The van der Waals surface area contributed by atoms with E-state index < -0.39 is 24.0 Å². The molecule has 2 aromatic rings. The summed E-state index contributed by atoms with van der Waals surface area (Å²) in [5, 5.41) is 2.53. The van der Waals surface area contributed by atoms with Gasteiger partial charge in [0.05, 0.1) is 5.56 Å². The Bertz CT molecular complexity index is 822. The lowest BCUT2D eigenvalue weighted by Crippen LogP contribution is -2.41. The van der Waals surface area contributed by atoms with Crippen molar-refractivity contribution in [3.63, 3.8) is 0 Å². The SMILES string of the molecule is CC(OC(=O)c1cccc(Oc2ccccc2)c1)C(=O)N1CCNC1=O. The Balaban J connectivity index is 1.65. The Kier molecular flexibility index (Phi) is 5.17. The van der Waals surface area contributed by atoms with Crippen LogP contribution in [0.2, 0.25) is 0 Å². The third-order valence-corrected chi connectivity index (χ3v) is 3.80. The standard InChI is InChI=1S/C19H18N2O5/c1-13(17(22)21-11-10-20-19(21)24)25-18(23)14-6-5-9-16(12-14)26-15-7-3-2-4-8-15/h2-9,12-13H,10-11H2,1H3,(H,20,24). The molecule has 3 rings (SSSR count). The minimum absolute atomic E-state index is 0.254. The number of benzene rings is 2. The third kappa shape index (κ3) is 4.00. The molecular weight excluding hydrogens is 336 g/mol. The zero-order valence-corrected chi connectivity index (χ0v) is 14.2. The highest BCUT2D eigenvalue weighted by molar-refractivity contribution is 5.99. The van der Waals surface area contributed by atoms with Crippen LogP contribution in [-0.4, -0.2) is 42.0 Å². The fraction of sp³-hybridized carbons (Fsp3) is 0.211. The second-order valence-corrected chi connectivity index (χ2v) is 5.71. The molecular formula is C19H18N2O5. The van der Waals surface area contributed by atoms with Crippen molar-refractivity contribution in [1.82, 2.24) is 10.2 Å². The van der Waals surface area contributed by atoms with Gasteiger partial charge < -0.3 is 14.8 Å². The number of carbonyl (C=O) groups excluding carboxylic acids is 3. The molecule has 134 valence electrons. The molecule has 1 aliphatic rings. The monoisotopic (exact) mass is 354 g/mol. The molecule has 0 bridgehead atoms. The summed E-state index contributed by atoms with van der Waals surface area (Å²) in [6, 6.07) is 15.2. The Morgan fingerprint density at radius 1 is 1.08 bits per heavy atom. The topological polar surface area (TPSA) is 84.9 Å². The van der Waals surface area contributed by atoms with Crippen molar-refractivity contribution in [2.24, 2.45) is 0 Å². The number of imide groups is 1. The number of nitrogens with one attached hydrogen (secondary N) is 1. The van der Waals surface area contributed by atoms with Crippen LogP contribution in [-0.2, 0) is 9.53 Å². The number of esters is 1. The molecule has 2 aromatic carbocycles. The van der Waals surface area contributed by atoms with Crippen LogP contribution in [0, 0.1) is 0 Å². The summed E-state index contributed by atoms with van der Waals surface area (Å²) < 4.78 is 10.9. The molecule has 26 heavy (non-hydrogen) atoms. The minimum Gasteiger partial charge on any atom is -0.457 e. The number of hydrogen-bond donors (Lipinski definition) is 1. The van der Waals surface area contributed by atoms with Gasteiger partial charge in [-0.25, -0.2) is 9.59 Å². The van der Waals surface area contributed by atoms with Gasteiger partial charge in [-0.15, -0.1) is 0 Å². The van der Waals surface area contributed by atoms with Gasteiger partial charge in [-0.2, -0.15) is 0 Å². The molecule has 1 N–H and O–H groups in total. The molecule has 0 aromatic heterocycles. The summed E-state index contributed by atoms with van der Waals surface area (Å²) in [5.41, 5.74) is 0.254. The van der Waals surface area contributed by atoms with E-state index >= 15 is 0 Å². The fourth-order valence-corrected chi connectivity index (χ4v) is 2.49. The lowest BCUT2D eigenvalue weighted by Gasteiger charge is -2.18. The van der Waals surface area contributed by atoms with Gasteiger partial charge in [-0.05, 0) is 37.3 Å². The lowest BCUT2D eigenvalue weighted by atomic mass is 10.2. The smallest absolute Gasteiger partial charge is 0.339 e. The average molecular weight is 354 g/mol. The Morgan fingerprint density at radius 2 is 1.81 bits per heavy atom. The highest BCUT2D eigenvalue weighted by Gasteiger charge is 2.31. The summed E-state index contributed by atoms with van der Waals surface area (Å²) in [6.07, 6.45) is -1.06. The van der Waals surface area contributed by atoms with E-state index in [4.69, 9.17) is 9.47 Å². The molecule has 0 aliphatic carbocycles. The number of nitrogens with zero attached hydrogens (tertiary/aromatic N) is 1. The van der Waals surface area contributed by atoms with Crippen molar-refractivity contribution in [2.75, 3.05) is 13.1 Å². The summed E-state index contributed by atoms with van der Waals surface area (Å²) in [4.78, 5) is 37.1.